The Morgan fingerprint density at radius 1 is 0.545 bits per heavy atom. The van der Waals surface area contributed by atoms with Gasteiger partial charge >= 0.3 is 16.5 Å². The fourth-order valence-corrected chi connectivity index (χ4v) is 0.361. The van der Waals surface area contributed by atoms with Gasteiger partial charge in [-0.25, -0.2) is 0 Å². The summed E-state index contributed by atoms with van der Waals surface area (Å²) in [6.45, 7) is 0. The minimum atomic E-state index is 0. The van der Waals surface area contributed by atoms with Crippen LogP contribution in [0.25, 0.3) is 0 Å². The van der Waals surface area contributed by atoms with Crippen LogP contribution in [0.15, 0.2) is 12.1 Å². The molecule has 0 bridgehead atoms. The Morgan fingerprint density at radius 3 is 0.909 bits per heavy atom. The molecule has 2 aromatic rings. The summed E-state index contributed by atoms with van der Waals surface area (Å²) in [4.78, 5) is 0. The minimum Gasteiger partial charge on any atom is -0.999 e. The molecule has 2 aromatic carbocycles. The molecule has 0 saturated carbocycles. The van der Waals surface area contributed by atoms with Gasteiger partial charge in [0.15, 0.2) is 0 Å². The van der Waals surface area contributed by atoms with E-state index in [9.17, 15) is 0 Å². The molecular weight excluding hydrogens is 179 g/mol. The van der Waals surface area contributed by atoms with Crippen LogP contribution in [0.3, 0.4) is 0 Å². The molecule has 11 heavy (non-hydrogen) atoms. The number of hydrogen-bond acceptors (Lipinski definition) is 0. The average molecular weight is 181 g/mol. The zero-order valence-electron chi connectivity index (χ0n) is 5.47. The van der Waals surface area contributed by atoms with Crippen LogP contribution in [0.1, 0.15) is 0 Å². The van der Waals surface area contributed by atoms with Gasteiger partial charge < -0.3 is 60.7 Å². The summed E-state index contributed by atoms with van der Waals surface area (Å²) in [6, 6.07) is 24.0. The van der Waals surface area contributed by atoms with Crippen molar-refractivity contribution in [2.75, 3.05) is 0 Å². The molecule has 0 saturated heterocycles. The molecule has 0 unspecified atom stereocenters. The Labute approximate surface area is 77.5 Å². The Hall–Kier alpha value is -0.806. The van der Waals surface area contributed by atoms with Gasteiger partial charge in [0.05, 0.1) is 0 Å². The molecule has 0 N–H and O–H groups in total. The SMILES string of the molecule is [Ni+2].[c-]1[c-][c-][cH-][c-]1.[c-]1[c-][c-][cH-][c-]1. The van der Waals surface area contributed by atoms with E-state index in [4.69, 9.17) is 0 Å². The van der Waals surface area contributed by atoms with Gasteiger partial charge in [0, 0.05) is 0 Å². The number of hydrogen-bond donors (Lipinski definition) is 0. The van der Waals surface area contributed by atoms with Gasteiger partial charge in [0.2, 0.25) is 0 Å². The molecule has 0 aliphatic carbocycles. The average Bonchev–Trinajstić information content (AvgIpc) is 2.67. The Kier molecular flexibility index (Phi) is 6.77. The van der Waals surface area contributed by atoms with E-state index in [1.165, 1.54) is 0 Å². The normalized spacial score (nSPS) is 7.27. The van der Waals surface area contributed by atoms with Crippen LogP contribution < -0.4 is 0 Å². The van der Waals surface area contributed by atoms with Gasteiger partial charge in [0.25, 0.3) is 0 Å². The maximum absolute atomic E-state index is 2.62. The smallest absolute Gasteiger partial charge is 0.999 e. The third kappa shape index (κ3) is 5.63. The second kappa shape index (κ2) is 7.30. The van der Waals surface area contributed by atoms with Gasteiger partial charge in [0.1, 0.15) is 0 Å². The van der Waals surface area contributed by atoms with Crippen molar-refractivity contribution in [1.82, 2.24) is 0 Å². The van der Waals surface area contributed by atoms with E-state index in [1.807, 2.05) is 0 Å². The Balaban J connectivity index is 0.000000167. The third-order valence-electron chi connectivity index (χ3n) is 0.702. The Morgan fingerprint density at radius 2 is 0.818 bits per heavy atom. The molecule has 0 atom stereocenters. The maximum atomic E-state index is 2.62. The minimum absolute atomic E-state index is 0. The van der Waals surface area contributed by atoms with Gasteiger partial charge in [-0.05, 0) is 0 Å². The first-order valence-corrected chi connectivity index (χ1v) is 2.65. The molecule has 0 fully saturated rings. The van der Waals surface area contributed by atoms with E-state index in [2.05, 4.69) is 48.5 Å². The molecule has 2 rings (SSSR count). The quantitative estimate of drug-likeness (QED) is 0.423. The topological polar surface area (TPSA) is 0 Å². The fourth-order valence-electron chi connectivity index (χ4n) is 0.361. The Bertz CT molecular complexity index is 144. The molecular formula is C10H2Ni-8. The van der Waals surface area contributed by atoms with E-state index in [-0.39, 0.29) is 16.5 Å². The molecule has 0 radical (unpaired) electrons. The first kappa shape index (κ1) is 10.2. The first-order valence-electron chi connectivity index (χ1n) is 2.65. The predicted octanol–water partition coefficient (Wildman–Crippen LogP) is 1.21. The van der Waals surface area contributed by atoms with E-state index in [0.29, 0.717) is 0 Å². The molecule has 0 spiro atoms. The van der Waals surface area contributed by atoms with Crippen molar-refractivity contribution in [1.29, 1.82) is 0 Å². The second-order valence-electron chi connectivity index (χ2n) is 1.37. The van der Waals surface area contributed by atoms with Gasteiger partial charge in [-0.15, -0.1) is 0 Å². The zero-order valence-corrected chi connectivity index (χ0v) is 6.46. The van der Waals surface area contributed by atoms with Gasteiger partial charge in [-0.1, -0.05) is 0 Å². The zero-order chi connectivity index (χ0) is 7.07. The van der Waals surface area contributed by atoms with Gasteiger partial charge in [-0.3, -0.25) is 0 Å². The van der Waals surface area contributed by atoms with Crippen LogP contribution in [0.4, 0.5) is 0 Å². The molecule has 0 aromatic heterocycles. The van der Waals surface area contributed by atoms with E-state index in [1.54, 1.807) is 12.1 Å². The van der Waals surface area contributed by atoms with E-state index in [0.717, 1.165) is 0 Å². The number of rotatable bonds is 0. The summed E-state index contributed by atoms with van der Waals surface area (Å²) in [5.41, 5.74) is 0. The van der Waals surface area contributed by atoms with Crippen molar-refractivity contribution < 1.29 is 16.5 Å². The van der Waals surface area contributed by atoms with Crippen LogP contribution in [0.5, 0.6) is 0 Å². The monoisotopic (exact) mass is 180 g/mol. The predicted molar refractivity (Wildman–Crippen MR) is 34.8 cm³/mol. The van der Waals surface area contributed by atoms with Crippen LogP contribution in [0.2, 0.25) is 0 Å². The van der Waals surface area contributed by atoms with Crippen molar-refractivity contribution in [2.45, 2.75) is 0 Å². The van der Waals surface area contributed by atoms with Gasteiger partial charge in [-0.2, -0.15) is 0 Å². The van der Waals surface area contributed by atoms with Crippen molar-refractivity contribution in [3.05, 3.63) is 60.7 Å². The summed E-state index contributed by atoms with van der Waals surface area (Å²) in [7, 11) is 0. The summed E-state index contributed by atoms with van der Waals surface area (Å²) in [5, 5.41) is 0. The second-order valence-corrected chi connectivity index (χ2v) is 1.37. The van der Waals surface area contributed by atoms with Crippen LogP contribution in [-0.4, -0.2) is 0 Å². The molecule has 0 amide bonds. The fraction of sp³-hybridized carbons (Fsp3) is 0. The first-order chi connectivity index (χ1) is 5.00. The van der Waals surface area contributed by atoms with Crippen LogP contribution in [-0.2, 0) is 16.5 Å². The van der Waals surface area contributed by atoms with Crippen molar-refractivity contribution in [3.63, 3.8) is 0 Å². The third-order valence-corrected chi connectivity index (χ3v) is 0.702. The van der Waals surface area contributed by atoms with E-state index >= 15 is 0 Å². The largest absolute Gasteiger partial charge is 2.00 e. The van der Waals surface area contributed by atoms with Crippen molar-refractivity contribution in [2.24, 2.45) is 0 Å². The molecule has 0 heterocycles. The maximum Gasteiger partial charge on any atom is 2.00 e. The molecule has 1 heteroatoms. The summed E-state index contributed by atoms with van der Waals surface area (Å²) >= 11 is 0. The van der Waals surface area contributed by atoms with E-state index < -0.39 is 0 Å². The molecule has 60 valence electrons. The standard InChI is InChI=1S/2C5H.Ni/c2*1-2-4-5-3-1;/h2*1H;/q2*-5;+2. The molecule has 0 aliphatic rings. The van der Waals surface area contributed by atoms with Crippen molar-refractivity contribution in [3.8, 4) is 0 Å². The van der Waals surface area contributed by atoms with Crippen LogP contribution >= 0.6 is 0 Å². The van der Waals surface area contributed by atoms with Crippen molar-refractivity contribution >= 4 is 0 Å². The summed E-state index contributed by atoms with van der Waals surface area (Å²) in [6.07, 6.45) is 0. The summed E-state index contributed by atoms with van der Waals surface area (Å²) in [5.74, 6) is 0. The molecule has 0 nitrogen and oxygen atoms in total. The van der Waals surface area contributed by atoms with Crippen LogP contribution in [0, 0.1) is 48.5 Å². The molecule has 0 aliphatic heterocycles. The summed E-state index contributed by atoms with van der Waals surface area (Å²) < 4.78 is 0.